The molecule has 1 atom stereocenters. The standard InChI is InChI=1S/C21H32FN5.C2H6/c1-8-11-26(18(10-3)14-25(6)7)13-17(9-2)20-16(5)27-19(22)12-23-21(27)15(4)24-20;1-2/h9,12-13,18H,2,8,10-11,14H2,1,3-7H3;1-2H3/b17-13+;. The first kappa shape index (κ1) is 24.8. The van der Waals surface area contributed by atoms with Crippen LogP contribution < -0.4 is 0 Å². The Morgan fingerprint density at radius 1 is 1.28 bits per heavy atom. The van der Waals surface area contributed by atoms with Crippen LogP contribution in [0.3, 0.4) is 0 Å². The van der Waals surface area contributed by atoms with Crippen molar-refractivity contribution in [3.8, 4) is 0 Å². The molecule has 0 spiro atoms. The number of hydrogen-bond acceptors (Lipinski definition) is 4. The van der Waals surface area contributed by atoms with E-state index >= 15 is 0 Å². The summed E-state index contributed by atoms with van der Waals surface area (Å²) in [6.07, 6.45) is 7.26. The molecule has 0 aliphatic carbocycles. The summed E-state index contributed by atoms with van der Waals surface area (Å²) >= 11 is 0. The zero-order valence-electron chi connectivity index (χ0n) is 19.5. The van der Waals surface area contributed by atoms with Crippen molar-refractivity contribution < 1.29 is 4.39 Å². The summed E-state index contributed by atoms with van der Waals surface area (Å²) in [4.78, 5) is 13.4. The minimum atomic E-state index is -0.373. The second-order valence-electron chi connectivity index (χ2n) is 7.22. The Morgan fingerprint density at radius 3 is 2.45 bits per heavy atom. The first-order valence-electron chi connectivity index (χ1n) is 10.6. The summed E-state index contributed by atoms with van der Waals surface area (Å²) in [7, 11) is 4.19. The molecular weight excluding hydrogens is 365 g/mol. The molecule has 0 aliphatic rings. The van der Waals surface area contributed by atoms with E-state index in [2.05, 4.69) is 55.5 Å². The van der Waals surface area contributed by atoms with Crippen LogP contribution >= 0.6 is 0 Å². The molecule has 0 aromatic carbocycles. The van der Waals surface area contributed by atoms with Gasteiger partial charge in [-0.15, -0.1) is 0 Å². The van der Waals surface area contributed by atoms with Crippen LogP contribution in [0.5, 0.6) is 0 Å². The predicted molar refractivity (Wildman–Crippen MR) is 122 cm³/mol. The van der Waals surface area contributed by atoms with Gasteiger partial charge in [-0.1, -0.05) is 40.3 Å². The number of likely N-dealkylation sites (N-methyl/N-ethyl adjacent to an activating group) is 1. The largest absolute Gasteiger partial charge is 0.373 e. The Labute approximate surface area is 176 Å². The lowest BCUT2D eigenvalue weighted by atomic mass is 10.1. The summed E-state index contributed by atoms with van der Waals surface area (Å²) in [5.41, 5.74) is 3.63. The first-order chi connectivity index (χ1) is 13.8. The number of halogens is 1. The minimum Gasteiger partial charge on any atom is -0.373 e. The van der Waals surface area contributed by atoms with E-state index in [0.717, 1.165) is 42.9 Å². The summed E-state index contributed by atoms with van der Waals surface area (Å²) in [5.74, 6) is -0.373. The Kier molecular flexibility index (Phi) is 10.0. The van der Waals surface area contributed by atoms with Gasteiger partial charge in [-0.2, -0.15) is 4.39 Å². The monoisotopic (exact) mass is 403 g/mol. The molecule has 2 rings (SSSR count). The van der Waals surface area contributed by atoms with Crippen LogP contribution in [0.1, 0.15) is 57.6 Å². The molecule has 2 aromatic rings. The third kappa shape index (κ3) is 5.89. The van der Waals surface area contributed by atoms with Crippen molar-refractivity contribution in [1.29, 1.82) is 0 Å². The van der Waals surface area contributed by atoms with Crippen molar-refractivity contribution >= 4 is 11.2 Å². The fourth-order valence-electron chi connectivity index (χ4n) is 3.47. The number of fused-ring (bicyclic) bond motifs is 1. The van der Waals surface area contributed by atoms with Gasteiger partial charge in [-0.05, 0) is 40.8 Å². The van der Waals surface area contributed by atoms with Gasteiger partial charge in [0.15, 0.2) is 5.65 Å². The first-order valence-corrected chi connectivity index (χ1v) is 10.6. The van der Waals surface area contributed by atoms with E-state index in [9.17, 15) is 4.39 Å². The molecule has 0 fully saturated rings. The lowest BCUT2D eigenvalue weighted by molar-refractivity contribution is 0.214. The average Bonchev–Trinajstić information content (AvgIpc) is 3.10. The maximum Gasteiger partial charge on any atom is 0.218 e. The van der Waals surface area contributed by atoms with E-state index in [1.54, 1.807) is 6.08 Å². The molecule has 0 amide bonds. The molecule has 2 aromatic heterocycles. The van der Waals surface area contributed by atoms with Gasteiger partial charge in [0.2, 0.25) is 5.95 Å². The molecule has 0 N–H and O–H groups in total. The number of aromatic nitrogens is 3. The topological polar surface area (TPSA) is 36.7 Å². The van der Waals surface area contributed by atoms with Crippen LogP contribution in [0, 0.1) is 19.8 Å². The lowest BCUT2D eigenvalue weighted by Crippen LogP contribution is -2.39. The van der Waals surface area contributed by atoms with Crippen molar-refractivity contribution in [3.63, 3.8) is 0 Å². The molecule has 1 unspecified atom stereocenters. The summed E-state index contributed by atoms with van der Waals surface area (Å²) < 4.78 is 15.8. The second-order valence-corrected chi connectivity index (χ2v) is 7.22. The Bertz CT molecular complexity index is 822. The molecule has 2 heterocycles. The van der Waals surface area contributed by atoms with E-state index in [1.807, 2.05) is 27.7 Å². The van der Waals surface area contributed by atoms with E-state index in [0.29, 0.717) is 17.4 Å². The van der Waals surface area contributed by atoms with Gasteiger partial charge in [-0.3, -0.25) is 4.40 Å². The summed E-state index contributed by atoms with van der Waals surface area (Å²) in [6, 6.07) is 0.394. The van der Waals surface area contributed by atoms with Gasteiger partial charge < -0.3 is 9.80 Å². The predicted octanol–water partition coefficient (Wildman–Crippen LogP) is 5.09. The Balaban J connectivity index is 0.00000204. The summed E-state index contributed by atoms with van der Waals surface area (Å²) in [6.45, 7) is 18.0. The highest BCUT2D eigenvalue weighted by Crippen LogP contribution is 2.23. The Morgan fingerprint density at radius 2 is 1.93 bits per heavy atom. The van der Waals surface area contributed by atoms with E-state index in [1.165, 1.54) is 10.6 Å². The second kappa shape index (κ2) is 11.7. The SMILES string of the molecule is C=C/C(=C\N(CCC)C(CC)CN(C)C)c1nc(C)c2ncc(F)n2c1C.CC. The van der Waals surface area contributed by atoms with Crippen molar-refractivity contribution in [2.24, 2.45) is 0 Å². The van der Waals surface area contributed by atoms with Gasteiger partial charge in [-0.25, -0.2) is 9.97 Å². The number of hydrogen-bond donors (Lipinski definition) is 0. The number of allylic oxidation sites excluding steroid dienone is 2. The number of imidazole rings is 1. The van der Waals surface area contributed by atoms with E-state index in [-0.39, 0.29) is 5.95 Å². The quantitative estimate of drug-likeness (QED) is 0.547. The van der Waals surface area contributed by atoms with Crippen molar-refractivity contribution in [3.05, 3.63) is 48.1 Å². The minimum absolute atomic E-state index is 0.373. The molecule has 0 radical (unpaired) electrons. The fraction of sp³-hybridized carbons (Fsp3) is 0.565. The molecule has 5 nitrogen and oxygen atoms in total. The van der Waals surface area contributed by atoms with E-state index < -0.39 is 0 Å². The van der Waals surface area contributed by atoms with Gasteiger partial charge in [0.05, 0.1) is 23.3 Å². The molecule has 0 bridgehead atoms. The molecule has 6 heteroatoms. The third-order valence-electron chi connectivity index (χ3n) is 4.80. The molecule has 0 saturated carbocycles. The smallest absolute Gasteiger partial charge is 0.218 e. The molecular formula is C23H38FN5. The van der Waals surface area contributed by atoms with E-state index in [4.69, 9.17) is 4.98 Å². The van der Waals surface area contributed by atoms with Gasteiger partial charge >= 0.3 is 0 Å². The van der Waals surface area contributed by atoms with Crippen LogP contribution in [0.15, 0.2) is 25.1 Å². The van der Waals surface area contributed by atoms with Crippen LogP contribution in [-0.2, 0) is 0 Å². The molecule has 0 saturated heterocycles. The molecule has 29 heavy (non-hydrogen) atoms. The normalized spacial score (nSPS) is 12.7. The maximum absolute atomic E-state index is 14.3. The zero-order valence-corrected chi connectivity index (χ0v) is 19.5. The van der Waals surface area contributed by atoms with Crippen LogP contribution in [0.25, 0.3) is 11.2 Å². The zero-order chi connectivity index (χ0) is 22.1. The van der Waals surface area contributed by atoms with Gasteiger partial charge in [0.25, 0.3) is 0 Å². The average molecular weight is 404 g/mol. The molecule has 162 valence electrons. The molecule has 0 aliphatic heterocycles. The maximum atomic E-state index is 14.3. The number of aryl methyl sites for hydroxylation is 2. The Hall–Kier alpha value is -2.21. The third-order valence-corrected chi connectivity index (χ3v) is 4.80. The highest BCUT2D eigenvalue weighted by Gasteiger charge is 2.18. The van der Waals surface area contributed by atoms with Crippen LogP contribution in [-0.4, -0.2) is 57.4 Å². The summed E-state index contributed by atoms with van der Waals surface area (Å²) in [5, 5.41) is 0. The highest BCUT2D eigenvalue weighted by molar-refractivity contribution is 5.73. The fourth-order valence-corrected chi connectivity index (χ4v) is 3.47. The van der Waals surface area contributed by atoms with Crippen LogP contribution in [0.2, 0.25) is 0 Å². The van der Waals surface area contributed by atoms with Gasteiger partial charge in [0, 0.05) is 30.9 Å². The van der Waals surface area contributed by atoms with Gasteiger partial charge in [0.1, 0.15) is 0 Å². The van der Waals surface area contributed by atoms with Crippen LogP contribution in [0.4, 0.5) is 4.39 Å². The van der Waals surface area contributed by atoms with Crippen molar-refractivity contribution in [2.45, 2.75) is 60.4 Å². The number of rotatable bonds is 9. The number of nitrogens with zero attached hydrogens (tertiary/aromatic N) is 5. The lowest BCUT2D eigenvalue weighted by Gasteiger charge is -2.32. The van der Waals surface area contributed by atoms with Crippen molar-refractivity contribution in [1.82, 2.24) is 24.2 Å². The highest BCUT2D eigenvalue weighted by atomic mass is 19.1. The van der Waals surface area contributed by atoms with Crippen molar-refractivity contribution in [2.75, 3.05) is 27.2 Å².